The highest BCUT2D eigenvalue weighted by atomic mass is 16.2. The summed E-state index contributed by atoms with van der Waals surface area (Å²) in [5, 5.41) is 5.74. The number of nitrogens with zero attached hydrogens (tertiary/aromatic N) is 2. The van der Waals surface area contributed by atoms with E-state index in [9.17, 15) is 9.59 Å². The van der Waals surface area contributed by atoms with Gasteiger partial charge >= 0.3 is 6.03 Å². The minimum absolute atomic E-state index is 0.150. The Labute approximate surface area is 140 Å². The summed E-state index contributed by atoms with van der Waals surface area (Å²) in [5.74, 6) is -0.150. The average Bonchev–Trinajstić information content (AvgIpc) is 2.61. The molecule has 1 aliphatic heterocycles. The molecule has 0 spiro atoms. The van der Waals surface area contributed by atoms with E-state index in [0.29, 0.717) is 19.6 Å². The number of hydrogen-bond acceptors (Lipinski definition) is 3. The molecule has 2 aromatic rings. The summed E-state index contributed by atoms with van der Waals surface area (Å²) in [6.07, 6.45) is 3.47. The molecule has 6 nitrogen and oxygen atoms in total. The van der Waals surface area contributed by atoms with Crippen LogP contribution in [0.25, 0.3) is 0 Å². The van der Waals surface area contributed by atoms with Crippen LogP contribution < -0.4 is 10.6 Å². The number of nitrogens with one attached hydrogen (secondary N) is 2. The number of aromatic nitrogens is 1. The van der Waals surface area contributed by atoms with Crippen molar-refractivity contribution in [2.45, 2.75) is 19.5 Å². The van der Waals surface area contributed by atoms with Crippen molar-refractivity contribution in [1.29, 1.82) is 0 Å². The maximum atomic E-state index is 12.6. The molecule has 1 atom stereocenters. The van der Waals surface area contributed by atoms with Crippen LogP contribution in [0.5, 0.6) is 0 Å². The van der Waals surface area contributed by atoms with Crippen molar-refractivity contribution in [2.24, 2.45) is 0 Å². The summed E-state index contributed by atoms with van der Waals surface area (Å²) in [6, 6.07) is 10.4. The molecule has 0 saturated carbocycles. The van der Waals surface area contributed by atoms with E-state index < -0.39 is 6.04 Å². The van der Waals surface area contributed by atoms with Crippen LogP contribution in [-0.2, 0) is 11.3 Å². The van der Waals surface area contributed by atoms with E-state index in [1.54, 1.807) is 17.3 Å². The van der Waals surface area contributed by atoms with E-state index in [0.717, 1.165) is 16.7 Å². The van der Waals surface area contributed by atoms with Crippen LogP contribution in [0.2, 0.25) is 0 Å². The van der Waals surface area contributed by atoms with Crippen LogP contribution in [-0.4, -0.2) is 34.9 Å². The van der Waals surface area contributed by atoms with Gasteiger partial charge < -0.3 is 15.5 Å². The van der Waals surface area contributed by atoms with Gasteiger partial charge in [-0.05, 0) is 29.7 Å². The third-order valence-corrected chi connectivity index (χ3v) is 4.15. The number of rotatable bonds is 3. The lowest BCUT2D eigenvalue weighted by atomic mass is 10.0. The van der Waals surface area contributed by atoms with Gasteiger partial charge in [0.25, 0.3) is 0 Å². The van der Waals surface area contributed by atoms with Crippen LogP contribution >= 0.6 is 0 Å². The van der Waals surface area contributed by atoms with E-state index in [4.69, 9.17) is 0 Å². The topological polar surface area (TPSA) is 74.3 Å². The van der Waals surface area contributed by atoms with E-state index in [1.165, 1.54) is 0 Å². The molecular formula is C18H20N4O2. The Morgan fingerprint density at radius 2 is 2.12 bits per heavy atom. The molecule has 1 fully saturated rings. The predicted molar refractivity (Wildman–Crippen MR) is 90.1 cm³/mol. The second kappa shape index (κ2) is 7.12. The SMILES string of the molecule is Cc1cnccc1CNC(=O)N1CCNC(=O)[C@H]1c1ccccc1. The first-order valence-electron chi connectivity index (χ1n) is 7.93. The lowest BCUT2D eigenvalue weighted by Gasteiger charge is -2.35. The van der Waals surface area contributed by atoms with Gasteiger partial charge in [0.15, 0.2) is 0 Å². The minimum atomic E-state index is -0.599. The summed E-state index contributed by atoms with van der Waals surface area (Å²) in [5.41, 5.74) is 2.84. The van der Waals surface area contributed by atoms with Crippen molar-refractivity contribution in [3.8, 4) is 0 Å². The molecule has 1 saturated heterocycles. The summed E-state index contributed by atoms with van der Waals surface area (Å²) in [4.78, 5) is 30.6. The number of hydrogen-bond donors (Lipinski definition) is 2. The normalized spacial score (nSPS) is 17.3. The van der Waals surface area contributed by atoms with Crippen LogP contribution in [0.15, 0.2) is 48.8 Å². The number of benzene rings is 1. The van der Waals surface area contributed by atoms with E-state index in [1.807, 2.05) is 43.3 Å². The molecule has 24 heavy (non-hydrogen) atoms. The fraction of sp³-hybridized carbons (Fsp3) is 0.278. The maximum absolute atomic E-state index is 12.6. The van der Waals surface area contributed by atoms with Gasteiger partial charge in [-0.3, -0.25) is 9.78 Å². The molecule has 6 heteroatoms. The van der Waals surface area contributed by atoms with Gasteiger partial charge in [-0.2, -0.15) is 0 Å². The predicted octanol–water partition coefficient (Wildman–Crippen LogP) is 1.77. The smallest absolute Gasteiger partial charge is 0.318 e. The zero-order chi connectivity index (χ0) is 16.9. The molecule has 3 amide bonds. The van der Waals surface area contributed by atoms with Crippen molar-refractivity contribution < 1.29 is 9.59 Å². The lowest BCUT2D eigenvalue weighted by molar-refractivity contribution is -0.127. The standard InChI is InChI=1S/C18H20N4O2/c1-13-11-19-8-7-15(13)12-21-18(24)22-10-9-20-17(23)16(22)14-5-3-2-4-6-14/h2-8,11,16H,9-10,12H2,1H3,(H,20,23)(H,21,24)/t16-/m1/s1. The molecule has 124 valence electrons. The zero-order valence-electron chi connectivity index (χ0n) is 13.5. The minimum Gasteiger partial charge on any atom is -0.352 e. The molecule has 2 heterocycles. The van der Waals surface area contributed by atoms with Gasteiger partial charge in [-0.15, -0.1) is 0 Å². The molecule has 1 aromatic carbocycles. The van der Waals surface area contributed by atoms with Crippen molar-refractivity contribution >= 4 is 11.9 Å². The highest BCUT2D eigenvalue weighted by molar-refractivity contribution is 5.89. The summed E-state index contributed by atoms with van der Waals surface area (Å²) in [7, 11) is 0. The first-order valence-corrected chi connectivity index (χ1v) is 7.93. The maximum Gasteiger partial charge on any atom is 0.318 e. The van der Waals surface area contributed by atoms with Gasteiger partial charge in [0.05, 0.1) is 0 Å². The Hall–Kier alpha value is -2.89. The van der Waals surface area contributed by atoms with Gasteiger partial charge in [-0.25, -0.2) is 4.79 Å². The summed E-state index contributed by atoms with van der Waals surface area (Å²) in [6.45, 7) is 3.30. The Bertz CT molecular complexity index is 733. The van der Waals surface area contributed by atoms with Crippen LogP contribution in [0.4, 0.5) is 4.79 Å². The Kier molecular flexibility index (Phi) is 4.74. The average molecular weight is 324 g/mol. The van der Waals surface area contributed by atoms with Crippen LogP contribution in [0, 0.1) is 6.92 Å². The number of piperazine rings is 1. The van der Waals surface area contributed by atoms with Crippen molar-refractivity contribution in [2.75, 3.05) is 13.1 Å². The van der Waals surface area contributed by atoms with E-state index >= 15 is 0 Å². The highest BCUT2D eigenvalue weighted by Gasteiger charge is 2.34. The monoisotopic (exact) mass is 324 g/mol. The molecule has 1 aliphatic rings. The zero-order valence-corrected chi connectivity index (χ0v) is 13.5. The van der Waals surface area contributed by atoms with Gasteiger partial charge in [-0.1, -0.05) is 30.3 Å². The first-order chi connectivity index (χ1) is 11.7. The number of carbonyl (C=O) groups is 2. The number of pyridine rings is 1. The Balaban J connectivity index is 1.74. The molecule has 1 aromatic heterocycles. The number of urea groups is 1. The Morgan fingerprint density at radius 3 is 2.88 bits per heavy atom. The highest BCUT2D eigenvalue weighted by Crippen LogP contribution is 2.23. The lowest BCUT2D eigenvalue weighted by Crippen LogP contribution is -2.54. The molecule has 3 rings (SSSR count). The fourth-order valence-corrected chi connectivity index (χ4v) is 2.83. The van der Waals surface area contributed by atoms with Crippen molar-refractivity contribution in [3.05, 3.63) is 65.5 Å². The molecule has 0 aliphatic carbocycles. The van der Waals surface area contributed by atoms with Gasteiger partial charge in [0, 0.05) is 32.0 Å². The third kappa shape index (κ3) is 3.37. The molecule has 0 radical (unpaired) electrons. The van der Waals surface area contributed by atoms with Gasteiger partial charge in [0.2, 0.25) is 5.91 Å². The summed E-state index contributed by atoms with van der Waals surface area (Å²) >= 11 is 0. The molecule has 2 N–H and O–H groups in total. The number of amides is 3. The van der Waals surface area contributed by atoms with Crippen molar-refractivity contribution in [3.63, 3.8) is 0 Å². The largest absolute Gasteiger partial charge is 0.352 e. The second-order valence-corrected chi connectivity index (χ2v) is 5.76. The first kappa shape index (κ1) is 16.0. The quantitative estimate of drug-likeness (QED) is 0.904. The number of carbonyl (C=O) groups excluding carboxylic acids is 2. The molecule has 0 unspecified atom stereocenters. The van der Waals surface area contributed by atoms with Crippen molar-refractivity contribution in [1.82, 2.24) is 20.5 Å². The van der Waals surface area contributed by atoms with Crippen LogP contribution in [0.3, 0.4) is 0 Å². The third-order valence-electron chi connectivity index (χ3n) is 4.15. The fourth-order valence-electron chi connectivity index (χ4n) is 2.83. The molecular weight excluding hydrogens is 304 g/mol. The van der Waals surface area contributed by atoms with E-state index in [2.05, 4.69) is 15.6 Å². The van der Waals surface area contributed by atoms with E-state index in [-0.39, 0.29) is 11.9 Å². The van der Waals surface area contributed by atoms with Gasteiger partial charge in [0.1, 0.15) is 6.04 Å². The number of aryl methyl sites for hydroxylation is 1. The molecule has 0 bridgehead atoms. The second-order valence-electron chi connectivity index (χ2n) is 5.76. The Morgan fingerprint density at radius 1 is 1.33 bits per heavy atom. The summed E-state index contributed by atoms with van der Waals surface area (Å²) < 4.78 is 0. The van der Waals surface area contributed by atoms with Crippen LogP contribution in [0.1, 0.15) is 22.7 Å².